The molecule has 0 unspecified atom stereocenters. The normalized spacial score (nSPS) is 14.7. The van der Waals surface area contributed by atoms with E-state index < -0.39 is 0 Å². The molecular formula is C20H22N4O. The Bertz CT molecular complexity index is 977. The van der Waals surface area contributed by atoms with Crippen LogP contribution in [-0.2, 0) is 6.42 Å². The number of aryl methyl sites for hydroxylation is 1. The standard InChI is InChI=1S/C20H22N4O/c1-12-13(2)23-24-19(12)18(25)9-14-8-16-10-17(22-20(16)21-11-14)15-6-4-3-5-7-15/h6,8,10-11H,3-5,7,9H2,1-2H3,(H,21,22)(H,23,24). The van der Waals surface area contributed by atoms with Gasteiger partial charge in [-0.25, -0.2) is 4.98 Å². The fourth-order valence-corrected chi connectivity index (χ4v) is 3.44. The molecule has 3 heterocycles. The van der Waals surface area contributed by atoms with Gasteiger partial charge in [0.1, 0.15) is 11.3 Å². The Kier molecular flexibility index (Phi) is 3.99. The lowest BCUT2D eigenvalue weighted by atomic mass is 9.97. The molecule has 3 aromatic heterocycles. The monoisotopic (exact) mass is 334 g/mol. The van der Waals surface area contributed by atoms with E-state index in [4.69, 9.17) is 0 Å². The van der Waals surface area contributed by atoms with Crippen molar-refractivity contribution in [1.82, 2.24) is 20.2 Å². The molecule has 5 nitrogen and oxygen atoms in total. The third-order valence-corrected chi connectivity index (χ3v) is 5.05. The van der Waals surface area contributed by atoms with Crippen molar-refractivity contribution in [3.8, 4) is 0 Å². The number of fused-ring (bicyclic) bond motifs is 1. The number of aromatic nitrogens is 4. The van der Waals surface area contributed by atoms with Gasteiger partial charge in [0.05, 0.1) is 0 Å². The van der Waals surface area contributed by atoms with Gasteiger partial charge in [-0.3, -0.25) is 9.89 Å². The summed E-state index contributed by atoms with van der Waals surface area (Å²) >= 11 is 0. The van der Waals surface area contributed by atoms with Gasteiger partial charge >= 0.3 is 0 Å². The van der Waals surface area contributed by atoms with Crippen LogP contribution < -0.4 is 0 Å². The average molecular weight is 334 g/mol. The SMILES string of the molecule is Cc1[nH]nc(C(=O)Cc2cnc3[nH]c(C4=CCCCC4)cc3c2)c1C. The van der Waals surface area contributed by atoms with Gasteiger partial charge in [-0.15, -0.1) is 0 Å². The minimum Gasteiger partial charge on any atom is -0.340 e. The minimum atomic E-state index is 0.0220. The van der Waals surface area contributed by atoms with Crippen LogP contribution in [0.2, 0.25) is 0 Å². The fraction of sp³-hybridized carbons (Fsp3) is 0.350. The first-order valence-corrected chi connectivity index (χ1v) is 8.83. The molecule has 25 heavy (non-hydrogen) atoms. The van der Waals surface area contributed by atoms with Crippen molar-refractivity contribution >= 4 is 22.4 Å². The Morgan fingerprint density at radius 1 is 1.24 bits per heavy atom. The van der Waals surface area contributed by atoms with E-state index in [1.54, 1.807) is 6.20 Å². The molecule has 0 fully saturated rings. The number of ketones is 1. The molecule has 0 amide bonds. The first-order chi connectivity index (χ1) is 12.1. The van der Waals surface area contributed by atoms with Gasteiger partial charge in [0.2, 0.25) is 0 Å². The Labute approximate surface area is 146 Å². The van der Waals surface area contributed by atoms with Crippen molar-refractivity contribution in [2.45, 2.75) is 46.0 Å². The lowest BCUT2D eigenvalue weighted by molar-refractivity contribution is 0.0987. The highest BCUT2D eigenvalue weighted by Crippen LogP contribution is 2.28. The molecule has 0 saturated heterocycles. The van der Waals surface area contributed by atoms with E-state index in [9.17, 15) is 4.79 Å². The van der Waals surface area contributed by atoms with Crippen molar-refractivity contribution < 1.29 is 4.79 Å². The smallest absolute Gasteiger partial charge is 0.187 e. The summed E-state index contributed by atoms with van der Waals surface area (Å²) in [5.41, 5.74) is 6.72. The average Bonchev–Trinajstić information content (AvgIpc) is 3.19. The van der Waals surface area contributed by atoms with E-state index in [2.05, 4.69) is 38.4 Å². The first-order valence-electron chi connectivity index (χ1n) is 8.83. The van der Waals surface area contributed by atoms with Crippen LogP contribution in [0.5, 0.6) is 0 Å². The van der Waals surface area contributed by atoms with E-state index in [1.165, 1.54) is 18.4 Å². The zero-order chi connectivity index (χ0) is 17.4. The van der Waals surface area contributed by atoms with E-state index in [1.807, 2.05) is 13.8 Å². The summed E-state index contributed by atoms with van der Waals surface area (Å²) in [5.74, 6) is 0.0220. The lowest BCUT2D eigenvalue weighted by Gasteiger charge is -2.10. The summed E-state index contributed by atoms with van der Waals surface area (Å²) in [7, 11) is 0. The molecule has 0 bridgehead atoms. The van der Waals surface area contributed by atoms with E-state index >= 15 is 0 Å². The molecular weight excluding hydrogens is 312 g/mol. The molecule has 0 aromatic carbocycles. The molecule has 1 aliphatic carbocycles. The number of allylic oxidation sites excluding steroid dienone is 2. The number of carbonyl (C=O) groups is 1. The molecule has 0 atom stereocenters. The predicted molar refractivity (Wildman–Crippen MR) is 98.6 cm³/mol. The molecule has 0 radical (unpaired) electrons. The van der Waals surface area contributed by atoms with E-state index in [-0.39, 0.29) is 5.78 Å². The number of hydrogen-bond acceptors (Lipinski definition) is 3. The number of nitrogens with one attached hydrogen (secondary N) is 2. The maximum absolute atomic E-state index is 12.5. The van der Waals surface area contributed by atoms with Gasteiger partial charge in [-0.05, 0) is 62.8 Å². The molecule has 1 aliphatic rings. The Morgan fingerprint density at radius 3 is 2.84 bits per heavy atom. The topological polar surface area (TPSA) is 74.4 Å². The number of hydrogen-bond donors (Lipinski definition) is 2. The van der Waals surface area contributed by atoms with Crippen LogP contribution in [0.25, 0.3) is 16.6 Å². The minimum absolute atomic E-state index is 0.0220. The van der Waals surface area contributed by atoms with Crippen LogP contribution in [-0.4, -0.2) is 25.9 Å². The van der Waals surface area contributed by atoms with Crippen molar-refractivity contribution in [3.05, 3.63) is 52.6 Å². The molecule has 4 rings (SSSR count). The third kappa shape index (κ3) is 3.02. The molecule has 128 valence electrons. The molecule has 0 aliphatic heterocycles. The summed E-state index contributed by atoms with van der Waals surface area (Å²) in [6, 6.07) is 4.20. The highest BCUT2D eigenvalue weighted by Gasteiger charge is 2.16. The van der Waals surface area contributed by atoms with Crippen LogP contribution in [0, 0.1) is 13.8 Å². The second kappa shape index (κ2) is 6.31. The summed E-state index contributed by atoms with van der Waals surface area (Å²) in [6.45, 7) is 3.85. The predicted octanol–water partition coefficient (Wildman–Crippen LogP) is 4.29. The van der Waals surface area contributed by atoms with Crippen LogP contribution in [0.4, 0.5) is 0 Å². The zero-order valence-electron chi connectivity index (χ0n) is 14.6. The summed E-state index contributed by atoms with van der Waals surface area (Å²) < 4.78 is 0. The molecule has 0 saturated carbocycles. The Balaban J connectivity index is 1.59. The van der Waals surface area contributed by atoms with Crippen molar-refractivity contribution in [2.24, 2.45) is 0 Å². The number of carbonyl (C=O) groups excluding carboxylic acids is 1. The van der Waals surface area contributed by atoms with Gasteiger partial charge in [0.25, 0.3) is 0 Å². The number of pyridine rings is 1. The van der Waals surface area contributed by atoms with Crippen molar-refractivity contribution in [2.75, 3.05) is 0 Å². The molecule has 0 spiro atoms. The zero-order valence-corrected chi connectivity index (χ0v) is 14.6. The number of Topliss-reactive ketones (excluding diaryl/α,β-unsaturated/α-hetero) is 1. The highest BCUT2D eigenvalue weighted by molar-refractivity contribution is 5.97. The quantitative estimate of drug-likeness (QED) is 0.699. The summed E-state index contributed by atoms with van der Waals surface area (Å²) in [5, 5.41) is 8.06. The summed E-state index contributed by atoms with van der Waals surface area (Å²) in [6.07, 6.45) is 9.22. The van der Waals surface area contributed by atoms with E-state index in [0.717, 1.165) is 46.4 Å². The molecule has 2 N–H and O–H groups in total. The second-order valence-corrected chi connectivity index (χ2v) is 6.86. The van der Waals surface area contributed by atoms with Gasteiger partial charge in [-0.2, -0.15) is 5.10 Å². The highest BCUT2D eigenvalue weighted by atomic mass is 16.1. The number of rotatable bonds is 4. The van der Waals surface area contributed by atoms with Gasteiger partial charge in [0, 0.05) is 35.0 Å². The van der Waals surface area contributed by atoms with Crippen molar-refractivity contribution in [1.29, 1.82) is 0 Å². The molecule has 3 aromatic rings. The van der Waals surface area contributed by atoms with Crippen LogP contribution >= 0.6 is 0 Å². The number of nitrogens with zero attached hydrogens (tertiary/aromatic N) is 2. The van der Waals surface area contributed by atoms with E-state index in [0.29, 0.717) is 12.1 Å². The largest absolute Gasteiger partial charge is 0.340 e. The fourth-order valence-electron chi connectivity index (χ4n) is 3.44. The number of aromatic amines is 2. The maximum Gasteiger partial charge on any atom is 0.187 e. The number of H-pyrrole nitrogens is 2. The maximum atomic E-state index is 12.5. The third-order valence-electron chi connectivity index (χ3n) is 5.05. The molecule has 5 heteroatoms. The first kappa shape index (κ1) is 15.8. The summed E-state index contributed by atoms with van der Waals surface area (Å²) in [4.78, 5) is 20.4. The van der Waals surface area contributed by atoms with Crippen LogP contribution in [0.15, 0.2) is 24.4 Å². The van der Waals surface area contributed by atoms with Gasteiger partial charge in [-0.1, -0.05) is 6.08 Å². The van der Waals surface area contributed by atoms with Crippen molar-refractivity contribution in [3.63, 3.8) is 0 Å². The van der Waals surface area contributed by atoms with Crippen LogP contribution in [0.1, 0.15) is 58.7 Å². The lowest BCUT2D eigenvalue weighted by Crippen LogP contribution is -2.06. The Morgan fingerprint density at radius 2 is 2.12 bits per heavy atom. The van der Waals surface area contributed by atoms with Gasteiger partial charge in [0.15, 0.2) is 5.78 Å². The second-order valence-electron chi connectivity index (χ2n) is 6.86. The van der Waals surface area contributed by atoms with Crippen LogP contribution in [0.3, 0.4) is 0 Å². The Hall–Kier alpha value is -2.69. The van der Waals surface area contributed by atoms with Gasteiger partial charge < -0.3 is 4.98 Å².